The summed E-state index contributed by atoms with van der Waals surface area (Å²) in [7, 11) is 1.78. The standard InChI is InChI=1S/C11H23NO.C2H6/c1-10-6-4-5-8-12(10)11(2)7-9-13-3;1-2/h10-11H,4-9H2,1-3H3;1-2H3/t10-,11?;/m1./s1. The van der Waals surface area contributed by atoms with Gasteiger partial charge in [-0.05, 0) is 39.7 Å². The fraction of sp³-hybridized carbons (Fsp3) is 1.00. The number of hydrogen-bond acceptors (Lipinski definition) is 2. The van der Waals surface area contributed by atoms with Gasteiger partial charge < -0.3 is 4.74 Å². The Morgan fingerprint density at radius 2 is 2.00 bits per heavy atom. The number of piperidine rings is 1. The molecule has 15 heavy (non-hydrogen) atoms. The number of likely N-dealkylation sites (tertiary alicyclic amines) is 1. The van der Waals surface area contributed by atoms with Gasteiger partial charge in [-0.2, -0.15) is 0 Å². The van der Waals surface area contributed by atoms with Gasteiger partial charge in [-0.15, -0.1) is 0 Å². The summed E-state index contributed by atoms with van der Waals surface area (Å²) in [5.74, 6) is 0. The third kappa shape index (κ3) is 5.53. The van der Waals surface area contributed by atoms with Crippen molar-refractivity contribution >= 4 is 0 Å². The maximum Gasteiger partial charge on any atom is 0.0477 e. The van der Waals surface area contributed by atoms with Crippen molar-refractivity contribution in [2.24, 2.45) is 0 Å². The van der Waals surface area contributed by atoms with Gasteiger partial charge in [0.2, 0.25) is 0 Å². The zero-order chi connectivity index (χ0) is 11.7. The number of rotatable bonds is 4. The SMILES string of the molecule is CC.COCCC(C)N1CCCC[C@H]1C. The van der Waals surface area contributed by atoms with Gasteiger partial charge in [-0.25, -0.2) is 0 Å². The Labute approximate surface area is 96.0 Å². The summed E-state index contributed by atoms with van der Waals surface area (Å²) >= 11 is 0. The van der Waals surface area contributed by atoms with Gasteiger partial charge in [0.1, 0.15) is 0 Å². The molecule has 0 aliphatic carbocycles. The molecule has 0 aromatic heterocycles. The molecule has 1 saturated heterocycles. The van der Waals surface area contributed by atoms with E-state index in [4.69, 9.17) is 4.74 Å². The summed E-state index contributed by atoms with van der Waals surface area (Å²) in [5.41, 5.74) is 0. The Morgan fingerprint density at radius 3 is 2.53 bits per heavy atom. The summed E-state index contributed by atoms with van der Waals surface area (Å²) < 4.78 is 5.11. The highest BCUT2D eigenvalue weighted by Crippen LogP contribution is 2.20. The normalized spacial score (nSPS) is 24.2. The second kappa shape index (κ2) is 9.17. The summed E-state index contributed by atoms with van der Waals surface area (Å²) in [4.78, 5) is 2.63. The molecule has 0 aromatic rings. The summed E-state index contributed by atoms with van der Waals surface area (Å²) in [6, 6.07) is 1.47. The van der Waals surface area contributed by atoms with Crippen LogP contribution in [-0.4, -0.2) is 37.2 Å². The molecule has 0 N–H and O–H groups in total. The molecule has 0 saturated carbocycles. The minimum Gasteiger partial charge on any atom is -0.385 e. The Bertz CT molecular complexity index is 138. The minimum atomic E-state index is 0.690. The predicted octanol–water partition coefficient (Wildman–Crippen LogP) is 3.31. The van der Waals surface area contributed by atoms with E-state index in [1.807, 2.05) is 13.8 Å². The lowest BCUT2D eigenvalue weighted by Gasteiger charge is -2.38. The van der Waals surface area contributed by atoms with Crippen molar-refractivity contribution < 1.29 is 4.74 Å². The van der Waals surface area contributed by atoms with Crippen molar-refractivity contribution in [3.05, 3.63) is 0 Å². The van der Waals surface area contributed by atoms with Crippen LogP contribution < -0.4 is 0 Å². The average Bonchev–Trinajstić information content (AvgIpc) is 2.29. The Morgan fingerprint density at radius 1 is 1.33 bits per heavy atom. The van der Waals surface area contributed by atoms with Crippen molar-refractivity contribution in [1.82, 2.24) is 4.90 Å². The molecule has 1 aliphatic heterocycles. The van der Waals surface area contributed by atoms with E-state index in [0.717, 1.165) is 12.6 Å². The second-order valence-corrected chi connectivity index (χ2v) is 4.21. The van der Waals surface area contributed by atoms with Crippen LogP contribution >= 0.6 is 0 Å². The fourth-order valence-electron chi connectivity index (χ4n) is 2.23. The average molecular weight is 215 g/mol. The van der Waals surface area contributed by atoms with Gasteiger partial charge in [-0.1, -0.05) is 20.3 Å². The molecule has 1 aliphatic rings. The monoisotopic (exact) mass is 215 g/mol. The van der Waals surface area contributed by atoms with E-state index >= 15 is 0 Å². The fourth-order valence-corrected chi connectivity index (χ4v) is 2.23. The van der Waals surface area contributed by atoms with Crippen LogP contribution in [0.4, 0.5) is 0 Å². The minimum absolute atomic E-state index is 0.690. The Kier molecular flexibility index (Phi) is 9.12. The molecule has 1 fully saturated rings. The molecule has 2 heteroatoms. The number of hydrogen-bond donors (Lipinski definition) is 0. The van der Waals surface area contributed by atoms with Crippen molar-refractivity contribution in [1.29, 1.82) is 0 Å². The van der Waals surface area contributed by atoms with Crippen molar-refractivity contribution in [2.75, 3.05) is 20.3 Å². The lowest BCUT2D eigenvalue weighted by Crippen LogP contribution is -2.43. The maximum absolute atomic E-state index is 5.11. The number of nitrogens with zero attached hydrogens (tertiary/aromatic N) is 1. The van der Waals surface area contributed by atoms with Crippen LogP contribution in [0.5, 0.6) is 0 Å². The van der Waals surface area contributed by atoms with Crippen molar-refractivity contribution in [3.8, 4) is 0 Å². The van der Waals surface area contributed by atoms with E-state index in [2.05, 4.69) is 18.7 Å². The first-order valence-electron chi connectivity index (χ1n) is 6.50. The van der Waals surface area contributed by atoms with Crippen LogP contribution in [0.2, 0.25) is 0 Å². The van der Waals surface area contributed by atoms with E-state index in [1.54, 1.807) is 7.11 Å². The molecule has 2 nitrogen and oxygen atoms in total. The second-order valence-electron chi connectivity index (χ2n) is 4.21. The van der Waals surface area contributed by atoms with Gasteiger partial charge in [0, 0.05) is 25.8 Å². The van der Waals surface area contributed by atoms with E-state index < -0.39 is 0 Å². The van der Waals surface area contributed by atoms with Crippen LogP contribution in [0.3, 0.4) is 0 Å². The topological polar surface area (TPSA) is 12.5 Å². The molecule has 0 spiro atoms. The third-order valence-electron chi connectivity index (χ3n) is 3.16. The highest BCUT2D eigenvalue weighted by atomic mass is 16.5. The summed E-state index contributed by atoms with van der Waals surface area (Å²) in [6.45, 7) is 10.8. The maximum atomic E-state index is 5.11. The molecular weight excluding hydrogens is 186 g/mol. The summed E-state index contributed by atoms with van der Waals surface area (Å²) in [5, 5.41) is 0. The molecule has 92 valence electrons. The van der Waals surface area contributed by atoms with Crippen LogP contribution in [0.15, 0.2) is 0 Å². The molecule has 1 heterocycles. The molecule has 2 atom stereocenters. The van der Waals surface area contributed by atoms with Gasteiger partial charge in [0.15, 0.2) is 0 Å². The largest absolute Gasteiger partial charge is 0.385 e. The molecule has 0 radical (unpaired) electrons. The van der Waals surface area contributed by atoms with Gasteiger partial charge in [-0.3, -0.25) is 4.90 Å². The van der Waals surface area contributed by atoms with Crippen LogP contribution in [0.25, 0.3) is 0 Å². The highest BCUT2D eigenvalue weighted by molar-refractivity contribution is 4.77. The van der Waals surface area contributed by atoms with Gasteiger partial charge in [0.25, 0.3) is 0 Å². The van der Waals surface area contributed by atoms with E-state index in [9.17, 15) is 0 Å². The van der Waals surface area contributed by atoms with E-state index in [1.165, 1.54) is 32.2 Å². The van der Waals surface area contributed by atoms with E-state index in [-0.39, 0.29) is 0 Å². The lowest BCUT2D eigenvalue weighted by molar-refractivity contribution is 0.0862. The van der Waals surface area contributed by atoms with Crippen LogP contribution in [0.1, 0.15) is 53.4 Å². The van der Waals surface area contributed by atoms with Gasteiger partial charge >= 0.3 is 0 Å². The highest BCUT2D eigenvalue weighted by Gasteiger charge is 2.22. The molecule has 0 aromatic carbocycles. The Hall–Kier alpha value is -0.0800. The smallest absolute Gasteiger partial charge is 0.0477 e. The van der Waals surface area contributed by atoms with Crippen molar-refractivity contribution in [3.63, 3.8) is 0 Å². The quantitative estimate of drug-likeness (QED) is 0.713. The van der Waals surface area contributed by atoms with Crippen molar-refractivity contribution in [2.45, 2.75) is 65.5 Å². The first-order chi connectivity index (χ1) is 7.25. The molecular formula is C13H29NO. The first-order valence-corrected chi connectivity index (χ1v) is 6.50. The Balaban J connectivity index is 0.000000921. The molecule has 0 amide bonds. The first kappa shape index (κ1) is 14.9. The summed E-state index contributed by atoms with van der Waals surface area (Å²) in [6.07, 6.45) is 5.33. The molecule has 0 bridgehead atoms. The zero-order valence-electron chi connectivity index (χ0n) is 11.3. The zero-order valence-corrected chi connectivity index (χ0v) is 11.3. The number of methoxy groups -OCH3 is 1. The predicted molar refractivity (Wildman–Crippen MR) is 67.3 cm³/mol. The molecule has 1 unspecified atom stereocenters. The van der Waals surface area contributed by atoms with Crippen LogP contribution in [-0.2, 0) is 4.74 Å². The number of ether oxygens (including phenoxy) is 1. The van der Waals surface area contributed by atoms with Crippen LogP contribution in [0, 0.1) is 0 Å². The molecule has 1 rings (SSSR count). The van der Waals surface area contributed by atoms with Gasteiger partial charge in [0.05, 0.1) is 0 Å². The third-order valence-corrected chi connectivity index (χ3v) is 3.16. The lowest BCUT2D eigenvalue weighted by atomic mass is 10.0. The van der Waals surface area contributed by atoms with E-state index in [0.29, 0.717) is 6.04 Å².